The predicted octanol–water partition coefficient (Wildman–Crippen LogP) is 2.06. The highest BCUT2D eigenvalue weighted by Gasteiger charge is 2.28. The van der Waals surface area contributed by atoms with Gasteiger partial charge in [-0.05, 0) is 24.1 Å². The molecule has 1 saturated heterocycles. The number of aryl methyl sites for hydroxylation is 1. The molecule has 0 saturated carbocycles. The molecule has 2 aromatic rings. The Morgan fingerprint density at radius 1 is 1.11 bits per heavy atom. The predicted molar refractivity (Wildman–Crippen MR) is 99.8 cm³/mol. The van der Waals surface area contributed by atoms with Gasteiger partial charge in [-0.1, -0.05) is 23.7 Å². The first-order chi connectivity index (χ1) is 13.1. The van der Waals surface area contributed by atoms with Gasteiger partial charge in [0.2, 0.25) is 0 Å². The second kappa shape index (κ2) is 7.70. The van der Waals surface area contributed by atoms with Crippen LogP contribution in [0.15, 0.2) is 30.3 Å². The molecule has 0 atom stereocenters. The van der Waals surface area contributed by atoms with Crippen LogP contribution in [-0.4, -0.2) is 64.2 Å². The summed E-state index contributed by atoms with van der Waals surface area (Å²) in [6, 6.07) is 9.11. The monoisotopic (exact) mass is 388 g/mol. The van der Waals surface area contributed by atoms with Crippen molar-refractivity contribution in [3.63, 3.8) is 0 Å². The van der Waals surface area contributed by atoms with Crippen molar-refractivity contribution in [2.45, 2.75) is 19.5 Å². The molecular formula is C19H21ClN4O3. The number of hydrogen-bond donors (Lipinski definition) is 0. The van der Waals surface area contributed by atoms with Crippen LogP contribution in [-0.2, 0) is 17.8 Å². The molecule has 4 rings (SSSR count). The van der Waals surface area contributed by atoms with Crippen LogP contribution in [0.4, 0.5) is 0 Å². The molecule has 2 aliphatic rings. The van der Waals surface area contributed by atoms with Gasteiger partial charge in [-0.25, -0.2) is 0 Å². The molecule has 0 radical (unpaired) electrons. The Bertz CT molecular complexity index is 843. The molecule has 1 aromatic heterocycles. The van der Waals surface area contributed by atoms with Crippen LogP contribution in [0.5, 0.6) is 0 Å². The third-order valence-corrected chi connectivity index (χ3v) is 5.14. The Kier molecular flexibility index (Phi) is 5.13. The Labute approximate surface area is 162 Å². The lowest BCUT2D eigenvalue weighted by molar-refractivity contribution is 0.0298. The minimum absolute atomic E-state index is 0.101. The summed E-state index contributed by atoms with van der Waals surface area (Å²) in [6.07, 6.45) is 0.791. The number of halogens is 1. The van der Waals surface area contributed by atoms with Crippen LogP contribution in [0, 0.1) is 0 Å². The molecule has 27 heavy (non-hydrogen) atoms. The van der Waals surface area contributed by atoms with Crippen LogP contribution in [0.1, 0.15) is 33.0 Å². The normalized spacial score (nSPS) is 17.6. The zero-order valence-corrected chi connectivity index (χ0v) is 15.7. The van der Waals surface area contributed by atoms with Gasteiger partial charge in [-0.15, -0.1) is 0 Å². The molecule has 3 heterocycles. The summed E-state index contributed by atoms with van der Waals surface area (Å²) in [5, 5.41) is 5.08. The maximum Gasteiger partial charge on any atom is 0.274 e. The zero-order chi connectivity index (χ0) is 18.8. The molecule has 142 valence electrons. The maximum absolute atomic E-state index is 13.0. The molecule has 0 bridgehead atoms. The SMILES string of the molecule is O=C(c1cc2n(n1)CCCN(Cc1ccc(Cl)cc1)C2=O)N1CCOCC1. The molecule has 0 aliphatic carbocycles. The highest BCUT2D eigenvalue weighted by molar-refractivity contribution is 6.30. The van der Waals surface area contributed by atoms with E-state index < -0.39 is 0 Å². The molecule has 0 spiro atoms. The molecule has 8 heteroatoms. The Morgan fingerprint density at radius 2 is 1.85 bits per heavy atom. The summed E-state index contributed by atoms with van der Waals surface area (Å²) >= 11 is 5.94. The van der Waals surface area contributed by atoms with Crippen LogP contribution in [0.25, 0.3) is 0 Å². The molecule has 0 unspecified atom stereocenters. The summed E-state index contributed by atoms with van der Waals surface area (Å²) in [5.74, 6) is -0.244. The Hall–Kier alpha value is -2.38. The standard InChI is InChI=1S/C19H21ClN4O3/c20-15-4-2-14(3-5-15)13-23-6-1-7-24-17(19(23)26)12-16(21-24)18(25)22-8-10-27-11-9-22/h2-5,12H,1,6-11,13H2. The maximum atomic E-state index is 13.0. The van der Waals surface area contributed by atoms with Gasteiger partial charge in [0.05, 0.1) is 13.2 Å². The van der Waals surface area contributed by atoms with Gasteiger partial charge in [0.15, 0.2) is 5.69 Å². The molecule has 1 fully saturated rings. The van der Waals surface area contributed by atoms with E-state index in [1.165, 1.54) is 0 Å². The topological polar surface area (TPSA) is 67.7 Å². The average molecular weight is 389 g/mol. The number of amides is 2. The molecular weight excluding hydrogens is 368 g/mol. The summed E-state index contributed by atoms with van der Waals surface area (Å²) in [6.45, 7) is 3.95. The van der Waals surface area contributed by atoms with Gasteiger partial charge in [-0.3, -0.25) is 14.3 Å². The van der Waals surface area contributed by atoms with Gasteiger partial charge in [-0.2, -0.15) is 5.10 Å². The number of nitrogens with zero attached hydrogens (tertiary/aromatic N) is 4. The van der Waals surface area contributed by atoms with E-state index in [1.807, 2.05) is 24.3 Å². The minimum atomic E-state index is -0.143. The first kappa shape index (κ1) is 18.0. The van der Waals surface area contributed by atoms with Gasteiger partial charge >= 0.3 is 0 Å². The lowest BCUT2D eigenvalue weighted by Crippen LogP contribution is -2.40. The summed E-state index contributed by atoms with van der Waals surface area (Å²) < 4.78 is 6.95. The number of aromatic nitrogens is 2. The largest absolute Gasteiger partial charge is 0.378 e. The van der Waals surface area contributed by atoms with Crippen molar-refractivity contribution in [2.75, 3.05) is 32.8 Å². The molecule has 0 N–H and O–H groups in total. The van der Waals surface area contributed by atoms with E-state index in [-0.39, 0.29) is 11.8 Å². The molecule has 2 amide bonds. The van der Waals surface area contributed by atoms with E-state index in [4.69, 9.17) is 16.3 Å². The van der Waals surface area contributed by atoms with Crippen molar-refractivity contribution in [1.29, 1.82) is 0 Å². The van der Waals surface area contributed by atoms with Crippen LogP contribution >= 0.6 is 11.6 Å². The van der Waals surface area contributed by atoms with Crippen LogP contribution in [0.2, 0.25) is 5.02 Å². The van der Waals surface area contributed by atoms with Gasteiger partial charge in [0.1, 0.15) is 5.69 Å². The van der Waals surface area contributed by atoms with Gasteiger partial charge in [0, 0.05) is 43.8 Å². The van der Waals surface area contributed by atoms with Gasteiger partial charge < -0.3 is 14.5 Å². The van der Waals surface area contributed by atoms with E-state index in [1.54, 1.807) is 20.5 Å². The van der Waals surface area contributed by atoms with E-state index >= 15 is 0 Å². The fourth-order valence-electron chi connectivity index (χ4n) is 3.43. The third-order valence-electron chi connectivity index (χ3n) is 4.89. The highest BCUT2D eigenvalue weighted by Crippen LogP contribution is 2.19. The van der Waals surface area contributed by atoms with Crippen molar-refractivity contribution < 1.29 is 14.3 Å². The van der Waals surface area contributed by atoms with Crippen molar-refractivity contribution in [3.8, 4) is 0 Å². The van der Waals surface area contributed by atoms with Crippen LogP contribution in [0.3, 0.4) is 0 Å². The van der Waals surface area contributed by atoms with E-state index in [0.29, 0.717) is 62.3 Å². The number of carbonyl (C=O) groups is 2. The third kappa shape index (κ3) is 3.84. The Morgan fingerprint density at radius 3 is 2.59 bits per heavy atom. The second-order valence-electron chi connectivity index (χ2n) is 6.75. The fraction of sp³-hybridized carbons (Fsp3) is 0.421. The summed E-state index contributed by atoms with van der Waals surface area (Å²) in [5.41, 5.74) is 1.82. The number of benzene rings is 1. The zero-order valence-electron chi connectivity index (χ0n) is 14.9. The first-order valence-electron chi connectivity index (χ1n) is 9.10. The molecule has 1 aromatic carbocycles. The molecule has 7 nitrogen and oxygen atoms in total. The lowest BCUT2D eigenvalue weighted by Gasteiger charge is -2.26. The minimum Gasteiger partial charge on any atom is -0.378 e. The number of ether oxygens (including phenoxy) is 1. The lowest BCUT2D eigenvalue weighted by atomic mass is 10.2. The van der Waals surface area contributed by atoms with E-state index in [9.17, 15) is 9.59 Å². The smallest absolute Gasteiger partial charge is 0.274 e. The number of carbonyl (C=O) groups excluding carboxylic acids is 2. The number of morpholine rings is 1. The Balaban J connectivity index is 1.53. The van der Waals surface area contributed by atoms with Crippen molar-refractivity contribution in [3.05, 3.63) is 52.3 Å². The fourth-order valence-corrected chi connectivity index (χ4v) is 3.55. The van der Waals surface area contributed by atoms with E-state index in [0.717, 1.165) is 12.0 Å². The van der Waals surface area contributed by atoms with E-state index in [2.05, 4.69) is 5.10 Å². The van der Waals surface area contributed by atoms with Crippen molar-refractivity contribution in [1.82, 2.24) is 19.6 Å². The average Bonchev–Trinajstić information content (AvgIpc) is 3.06. The number of rotatable bonds is 3. The number of fused-ring (bicyclic) bond motifs is 1. The van der Waals surface area contributed by atoms with Crippen molar-refractivity contribution >= 4 is 23.4 Å². The summed E-state index contributed by atoms with van der Waals surface area (Å²) in [4.78, 5) is 29.2. The number of hydrogen-bond acceptors (Lipinski definition) is 4. The van der Waals surface area contributed by atoms with Crippen LogP contribution < -0.4 is 0 Å². The van der Waals surface area contributed by atoms with Gasteiger partial charge in [0.25, 0.3) is 11.8 Å². The second-order valence-corrected chi connectivity index (χ2v) is 7.19. The van der Waals surface area contributed by atoms with Crippen molar-refractivity contribution in [2.24, 2.45) is 0 Å². The first-order valence-corrected chi connectivity index (χ1v) is 9.48. The highest BCUT2D eigenvalue weighted by atomic mass is 35.5. The quantitative estimate of drug-likeness (QED) is 0.807. The summed E-state index contributed by atoms with van der Waals surface area (Å²) in [7, 11) is 0. The molecule has 2 aliphatic heterocycles.